The summed E-state index contributed by atoms with van der Waals surface area (Å²) in [6.07, 6.45) is 22.0. The zero-order chi connectivity index (χ0) is 24.2. The minimum atomic E-state index is 0.350. The summed E-state index contributed by atoms with van der Waals surface area (Å²) in [6.45, 7) is 8.74. The van der Waals surface area contributed by atoms with Gasteiger partial charge in [0, 0.05) is 36.3 Å². The van der Waals surface area contributed by atoms with Gasteiger partial charge in [-0.25, -0.2) is 9.97 Å². The maximum absolute atomic E-state index is 5.80. The van der Waals surface area contributed by atoms with E-state index in [0.717, 1.165) is 73.8 Å². The van der Waals surface area contributed by atoms with Crippen molar-refractivity contribution in [1.82, 2.24) is 15.0 Å². The Labute approximate surface area is 210 Å². The molecule has 3 atom stereocenters. The molecule has 3 heterocycles. The van der Waals surface area contributed by atoms with Crippen molar-refractivity contribution < 1.29 is 4.74 Å². The predicted octanol–water partition coefficient (Wildman–Crippen LogP) is 8.06. The molecule has 4 heteroatoms. The first-order valence-electron chi connectivity index (χ1n) is 13.9. The molecule has 35 heavy (non-hydrogen) atoms. The molecule has 0 amide bonds. The van der Waals surface area contributed by atoms with Crippen LogP contribution in [0, 0.1) is 11.8 Å². The molecule has 3 aliphatic rings. The van der Waals surface area contributed by atoms with Gasteiger partial charge in [0.25, 0.3) is 0 Å². The van der Waals surface area contributed by atoms with E-state index in [4.69, 9.17) is 14.7 Å². The summed E-state index contributed by atoms with van der Waals surface area (Å²) in [5.74, 6) is 2.68. The Kier molecular flexibility index (Phi) is 7.67. The lowest BCUT2D eigenvalue weighted by atomic mass is 9.79. The van der Waals surface area contributed by atoms with E-state index in [1.807, 2.05) is 6.20 Å². The van der Waals surface area contributed by atoms with E-state index in [-0.39, 0.29) is 0 Å². The highest BCUT2D eigenvalue weighted by Gasteiger charge is 2.25. The first kappa shape index (κ1) is 24.2. The van der Waals surface area contributed by atoms with E-state index >= 15 is 0 Å². The third-order valence-corrected chi connectivity index (χ3v) is 8.30. The van der Waals surface area contributed by atoms with Gasteiger partial charge >= 0.3 is 0 Å². The molecule has 186 valence electrons. The van der Waals surface area contributed by atoms with Crippen LogP contribution in [0.15, 0.2) is 53.3 Å². The molecule has 1 saturated heterocycles. The van der Waals surface area contributed by atoms with Gasteiger partial charge in [-0.1, -0.05) is 56.1 Å². The van der Waals surface area contributed by atoms with E-state index in [2.05, 4.69) is 56.1 Å². The lowest BCUT2D eigenvalue weighted by molar-refractivity contribution is 0.110. The number of rotatable bonds is 4. The first-order chi connectivity index (χ1) is 17.1. The molecule has 0 spiro atoms. The normalized spacial score (nSPS) is 26.2. The molecule has 2 aromatic rings. The number of nitrogens with zero attached hydrogens (tertiary/aromatic N) is 2. The Morgan fingerprint density at radius 1 is 1.09 bits per heavy atom. The number of nitrogens with one attached hydrogen (secondary N) is 1. The number of H-pyrrole nitrogens is 1. The standard InChI is InChI=1S/C31H41N3O/c1-4-8-23-10-7-11-25-20-26(19-21(2)12-13-27(25)22(23)3)29-28-14-16-32-31(28)34-30(33-29)24-9-5-6-17-35-18-15-24/h7,11,14,16,19-20,22-24H,4-6,8-10,12-13,15,17-18H2,1-3H3,(H,32,33,34). The van der Waals surface area contributed by atoms with Gasteiger partial charge < -0.3 is 9.72 Å². The number of allylic oxidation sites excluding steroid dienone is 8. The van der Waals surface area contributed by atoms with Gasteiger partial charge in [0.2, 0.25) is 0 Å². The fourth-order valence-corrected chi connectivity index (χ4v) is 6.18. The van der Waals surface area contributed by atoms with Gasteiger partial charge in [-0.05, 0) is 81.4 Å². The van der Waals surface area contributed by atoms with Crippen molar-refractivity contribution in [3.63, 3.8) is 0 Å². The predicted molar refractivity (Wildman–Crippen MR) is 145 cm³/mol. The second kappa shape index (κ2) is 11.1. The summed E-state index contributed by atoms with van der Waals surface area (Å²) < 4.78 is 5.80. The maximum Gasteiger partial charge on any atom is 0.141 e. The average molecular weight is 472 g/mol. The molecule has 0 bridgehead atoms. The Hall–Kier alpha value is -2.46. The molecule has 4 nitrogen and oxygen atoms in total. The highest BCUT2D eigenvalue weighted by molar-refractivity contribution is 5.92. The van der Waals surface area contributed by atoms with Crippen LogP contribution in [0.5, 0.6) is 0 Å². The minimum Gasteiger partial charge on any atom is -0.381 e. The number of aromatic amines is 1. The number of ether oxygens (including phenoxy) is 1. The van der Waals surface area contributed by atoms with Crippen LogP contribution in [0.25, 0.3) is 16.6 Å². The molecular weight excluding hydrogens is 430 g/mol. The lowest BCUT2D eigenvalue weighted by Crippen LogP contribution is -2.14. The fourth-order valence-electron chi connectivity index (χ4n) is 6.18. The summed E-state index contributed by atoms with van der Waals surface area (Å²) in [7, 11) is 0. The van der Waals surface area contributed by atoms with Crippen molar-refractivity contribution in [1.29, 1.82) is 0 Å². The second-order valence-electron chi connectivity index (χ2n) is 10.8. The quantitative estimate of drug-likeness (QED) is 0.490. The molecule has 0 saturated carbocycles. The number of hydrogen-bond donors (Lipinski definition) is 1. The smallest absolute Gasteiger partial charge is 0.141 e. The van der Waals surface area contributed by atoms with Gasteiger partial charge in [-0.15, -0.1) is 0 Å². The van der Waals surface area contributed by atoms with Gasteiger partial charge in [-0.3, -0.25) is 0 Å². The summed E-state index contributed by atoms with van der Waals surface area (Å²) in [6, 6.07) is 2.14. The van der Waals surface area contributed by atoms with Gasteiger partial charge in [0.1, 0.15) is 11.5 Å². The van der Waals surface area contributed by atoms with Crippen LogP contribution >= 0.6 is 0 Å². The Balaban J connectivity index is 1.61. The van der Waals surface area contributed by atoms with E-state index in [9.17, 15) is 0 Å². The summed E-state index contributed by atoms with van der Waals surface area (Å²) >= 11 is 0. The van der Waals surface area contributed by atoms with Crippen molar-refractivity contribution in [2.75, 3.05) is 13.2 Å². The maximum atomic E-state index is 5.80. The molecule has 5 rings (SSSR count). The molecule has 2 aromatic heterocycles. The van der Waals surface area contributed by atoms with Gasteiger partial charge in [0.05, 0.1) is 5.69 Å². The molecule has 1 N–H and O–H groups in total. The van der Waals surface area contributed by atoms with Crippen LogP contribution < -0.4 is 0 Å². The average Bonchev–Trinajstić information content (AvgIpc) is 3.24. The van der Waals surface area contributed by atoms with E-state index < -0.39 is 0 Å². The fraction of sp³-hybridized carbons (Fsp3) is 0.548. The monoisotopic (exact) mass is 471 g/mol. The summed E-state index contributed by atoms with van der Waals surface area (Å²) in [5.41, 5.74) is 7.69. The molecule has 2 aliphatic carbocycles. The van der Waals surface area contributed by atoms with Crippen molar-refractivity contribution in [2.45, 2.75) is 84.5 Å². The Bertz CT molecular complexity index is 1160. The van der Waals surface area contributed by atoms with Crippen molar-refractivity contribution >= 4 is 16.6 Å². The SMILES string of the molecule is CCCC1CC=CC2=C(CCC(C)=CC(c3nc(C4CCCCOCC4)nc4[nH]ccc34)=C2)C1C. The molecule has 0 radical (unpaired) electrons. The highest BCUT2D eigenvalue weighted by Crippen LogP contribution is 2.39. The minimum absolute atomic E-state index is 0.350. The third-order valence-electron chi connectivity index (χ3n) is 8.30. The highest BCUT2D eigenvalue weighted by atomic mass is 16.5. The van der Waals surface area contributed by atoms with Crippen LogP contribution in [-0.2, 0) is 4.74 Å². The zero-order valence-electron chi connectivity index (χ0n) is 21.8. The van der Waals surface area contributed by atoms with Crippen molar-refractivity contribution in [3.8, 4) is 0 Å². The van der Waals surface area contributed by atoms with Crippen LogP contribution in [0.1, 0.15) is 96.0 Å². The molecule has 3 unspecified atom stereocenters. The number of hydrogen-bond acceptors (Lipinski definition) is 3. The molecule has 1 aliphatic heterocycles. The van der Waals surface area contributed by atoms with Crippen molar-refractivity contribution in [2.24, 2.45) is 11.8 Å². The third kappa shape index (κ3) is 5.38. The Morgan fingerprint density at radius 2 is 2.00 bits per heavy atom. The van der Waals surface area contributed by atoms with Gasteiger partial charge in [-0.2, -0.15) is 0 Å². The Morgan fingerprint density at radius 3 is 2.89 bits per heavy atom. The number of aromatic nitrogens is 3. The van der Waals surface area contributed by atoms with E-state index in [0.29, 0.717) is 11.8 Å². The van der Waals surface area contributed by atoms with E-state index in [1.165, 1.54) is 42.4 Å². The molecular formula is C31H41N3O. The van der Waals surface area contributed by atoms with E-state index in [1.54, 1.807) is 5.57 Å². The first-order valence-corrected chi connectivity index (χ1v) is 13.9. The number of fused-ring (bicyclic) bond motifs is 1. The van der Waals surface area contributed by atoms with Crippen LogP contribution in [0.3, 0.4) is 0 Å². The summed E-state index contributed by atoms with van der Waals surface area (Å²) in [4.78, 5) is 13.7. The van der Waals surface area contributed by atoms with Crippen LogP contribution in [0.2, 0.25) is 0 Å². The topological polar surface area (TPSA) is 50.8 Å². The van der Waals surface area contributed by atoms with Gasteiger partial charge in [0.15, 0.2) is 0 Å². The van der Waals surface area contributed by atoms with Crippen molar-refractivity contribution in [3.05, 3.63) is 64.8 Å². The lowest BCUT2D eigenvalue weighted by Gasteiger charge is -2.26. The summed E-state index contributed by atoms with van der Waals surface area (Å²) in [5, 5.41) is 1.11. The van der Waals surface area contributed by atoms with Crippen LogP contribution in [-0.4, -0.2) is 28.2 Å². The molecule has 0 aromatic carbocycles. The zero-order valence-corrected chi connectivity index (χ0v) is 21.8. The largest absolute Gasteiger partial charge is 0.381 e. The second-order valence-corrected chi connectivity index (χ2v) is 10.8. The van der Waals surface area contributed by atoms with Crippen LogP contribution in [0.4, 0.5) is 0 Å². The molecule has 1 fully saturated rings.